The van der Waals surface area contributed by atoms with Crippen LogP contribution in [0.2, 0.25) is 0 Å². The lowest BCUT2D eigenvalue weighted by atomic mass is 9.97. The van der Waals surface area contributed by atoms with Crippen molar-refractivity contribution in [2.24, 2.45) is 5.84 Å². The number of nitrogens with one attached hydrogen (secondary N) is 1. The molecule has 0 unspecified atom stereocenters. The summed E-state index contributed by atoms with van der Waals surface area (Å²) in [5, 5.41) is 12.1. The molecule has 5 nitrogen and oxygen atoms in total. The number of benzene rings is 2. The minimum atomic E-state index is -0.398. The largest absolute Gasteiger partial charge is 0.507 e. The van der Waals surface area contributed by atoms with Crippen LogP contribution in [-0.2, 0) is 12.3 Å². The third-order valence-corrected chi connectivity index (χ3v) is 3.99. The molecule has 0 fully saturated rings. The molecule has 0 bridgehead atoms. The van der Waals surface area contributed by atoms with Crippen molar-refractivity contribution in [2.45, 2.75) is 12.3 Å². The van der Waals surface area contributed by atoms with Gasteiger partial charge in [-0.3, -0.25) is 10.3 Å². The Labute approximate surface area is 133 Å². The minimum Gasteiger partial charge on any atom is -0.507 e. The molecule has 21 heavy (non-hydrogen) atoms. The van der Waals surface area contributed by atoms with Gasteiger partial charge in [-0.1, -0.05) is 24.3 Å². The number of hydrazine groups is 1. The topological polar surface area (TPSA) is 78.6 Å². The molecule has 0 saturated carbocycles. The Balaban J connectivity index is 0.00000161. The van der Waals surface area contributed by atoms with Crippen LogP contribution in [0.4, 0.5) is 10.5 Å². The predicted octanol–water partition coefficient (Wildman–Crippen LogP) is 2.65. The van der Waals surface area contributed by atoms with Gasteiger partial charge in [0.25, 0.3) is 0 Å². The molecule has 0 atom stereocenters. The fraction of sp³-hybridized carbons (Fsp3) is 0.214. The van der Waals surface area contributed by atoms with Crippen LogP contribution in [0.25, 0.3) is 10.8 Å². The standard InChI is InChI=1S/C14H14ClN3O2.ClH/c15-7-11-12-9(5-6-18(12)14(20)17-16)8-3-1-2-4-10(8)13(11)19;/h1-4,19H,5-7,16H2,(H,17,20);1H. The third-order valence-electron chi connectivity index (χ3n) is 3.72. The average Bonchev–Trinajstić information content (AvgIpc) is 2.92. The maximum atomic E-state index is 11.9. The molecular formula is C14H15Cl2N3O2. The van der Waals surface area contributed by atoms with E-state index >= 15 is 0 Å². The summed E-state index contributed by atoms with van der Waals surface area (Å²) in [6.45, 7) is 0.524. The number of alkyl halides is 1. The van der Waals surface area contributed by atoms with Crippen LogP contribution >= 0.6 is 24.0 Å². The number of anilines is 1. The monoisotopic (exact) mass is 327 g/mol. The van der Waals surface area contributed by atoms with Gasteiger partial charge >= 0.3 is 6.03 Å². The lowest BCUT2D eigenvalue weighted by Crippen LogP contribution is -2.42. The number of aromatic hydroxyl groups is 1. The highest BCUT2D eigenvalue weighted by molar-refractivity contribution is 6.19. The lowest BCUT2D eigenvalue weighted by molar-refractivity contribution is 0.247. The highest BCUT2D eigenvalue weighted by Crippen LogP contribution is 2.44. The van der Waals surface area contributed by atoms with Gasteiger partial charge in [-0.2, -0.15) is 0 Å². The molecule has 2 aromatic rings. The third kappa shape index (κ3) is 2.27. The summed E-state index contributed by atoms with van der Waals surface area (Å²) in [5.74, 6) is 5.48. The number of halogens is 2. The Morgan fingerprint density at radius 2 is 2.05 bits per heavy atom. The van der Waals surface area contributed by atoms with E-state index in [0.717, 1.165) is 16.3 Å². The number of carbonyl (C=O) groups excluding carboxylic acids is 1. The molecule has 112 valence electrons. The number of hydrogen-bond donors (Lipinski definition) is 3. The van der Waals surface area contributed by atoms with E-state index in [4.69, 9.17) is 17.4 Å². The van der Waals surface area contributed by atoms with Crippen LogP contribution in [0.5, 0.6) is 5.75 Å². The summed E-state index contributed by atoms with van der Waals surface area (Å²) in [5.41, 5.74) is 4.41. The van der Waals surface area contributed by atoms with Crippen LogP contribution < -0.4 is 16.2 Å². The first-order chi connectivity index (χ1) is 9.69. The van der Waals surface area contributed by atoms with Gasteiger partial charge in [0, 0.05) is 17.5 Å². The van der Waals surface area contributed by atoms with E-state index in [1.807, 2.05) is 24.3 Å². The molecule has 0 aromatic heterocycles. The van der Waals surface area contributed by atoms with Crippen LogP contribution in [0, 0.1) is 0 Å². The van der Waals surface area contributed by atoms with Crippen molar-refractivity contribution in [3.63, 3.8) is 0 Å². The number of hydrogen-bond acceptors (Lipinski definition) is 3. The Morgan fingerprint density at radius 1 is 1.38 bits per heavy atom. The molecule has 0 radical (unpaired) electrons. The van der Waals surface area contributed by atoms with Crippen LogP contribution in [-0.4, -0.2) is 17.7 Å². The van der Waals surface area contributed by atoms with Gasteiger partial charge < -0.3 is 5.11 Å². The molecule has 3 rings (SSSR count). The molecule has 0 aliphatic carbocycles. The van der Waals surface area contributed by atoms with Gasteiger partial charge in [0.05, 0.1) is 11.6 Å². The smallest absolute Gasteiger partial charge is 0.336 e. The first-order valence-electron chi connectivity index (χ1n) is 6.28. The van der Waals surface area contributed by atoms with Crippen molar-refractivity contribution < 1.29 is 9.90 Å². The lowest BCUT2D eigenvalue weighted by Gasteiger charge is -2.21. The van der Waals surface area contributed by atoms with Crippen molar-refractivity contribution in [1.82, 2.24) is 5.43 Å². The van der Waals surface area contributed by atoms with Crippen molar-refractivity contribution in [2.75, 3.05) is 11.4 Å². The number of phenols is 1. The van der Waals surface area contributed by atoms with Crippen LogP contribution in [0.15, 0.2) is 24.3 Å². The Kier molecular flexibility index (Phi) is 4.46. The fourth-order valence-electron chi connectivity index (χ4n) is 2.86. The van der Waals surface area contributed by atoms with E-state index in [9.17, 15) is 9.90 Å². The number of fused-ring (bicyclic) bond motifs is 3. The first kappa shape index (κ1) is 15.7. The molecule has 0 spiro atoms. The van der Waals surface area contributed by atoms with E-state index in [1.54, 1.807) is 0 Å². The van der Waals surface area contributed by atoms with Gasteiger partial charge in [0.15, 0.2) is 0 Å². The summed E-state index contributed by atoms with van der Waals surface area (Å²) in [6, 6.07) is 7.17. The number of phenolic OH excluding ortho intramolecular Hbond substituents is 1. The van der Waals surface area contributed by atoms with E-state index < -0.39 is 6.03 Å². The number of nitrogens with zero attached hydrogens (tertiary/aromatic N) is 1. The zero-order chi connectivity index (χ0) is 14.3. The first-order valence-corrected chi connectivity index (χ1v) is 6.82. The van der Waals surface area contributed by atoms with Crippen molar-refractivity contribution in [1.29, 1.82) is 0 Å². The Bertz CT molecular complexity index is 706. The van der Waals surface area contributed by atoms with Crippen molar-refractivity contribution in [3.8, 4) is 5.75 Å². The van der Waals surface area contributed by atoms with Crippen molar-refractivity contribution >= 4 is 46.5 Å². The van der Waals surface area contributed by atoms with Gasteiger partial charge in [0.1, 0.15) is 5.75 Å². The second-order valence-corrected chi connectivity index (χ2v) is 4.95. The van der Waals surface area contributed by atoms with Gasteiger partial charge in [-0.25, -0.2) is 10.6 Å². The fourth-order valence-corrected chi connectivity index (χ4v) is 3.11. The second-order valence-electron chi connectivity index (χ2n) is 4.68. The summed E-state index contributed by atoms with van der Waals surface area (Å²) >= 11 is 5.98. The summed E-state index contributed by atoms with van der Waals surface area (Å²) < 4.78 is 0. The molecule has 2 amide bonds. The van der Waals surface area contributed by atoms with E-state index in [2.05, 4.69) is 5.43 Å². The van der Waals surface area contributed by atoms with Crippen LogP contribution in [0.3, 0.4) is 0 Å². The normalized spacial score (nSPS) is 13.0. The molecule has 1 aliphatic rings. The summed E-state index contributed by atoms with van der Waals surface area (Å²) in [7, 11) is 0. The Morgan fingerprint density at radius 3 is 2.67 bits per heavy atom. The minimum absolute atomic E-state index is 0. The highest BCUT2D eigenvalue weighted by Gasteiger charge is 2.30. The maximum absolute atomic E-state index is 11.9. The zero-order valence-electron chi connectivity index (χ0n) is 11.1. The SMILES string of the molecule is Cl.NNC(=O)N1CCc2c1c(CCl)c(O)c1ccccc21. The van der Waals surface area contributed by atoms with E-state index in [1.165, 1.54) is 4.90 Å². The molecule has 4 N–H and O–H groups in total. The average molecular weight is 328 g/mol. The van der Waals surface area contributed by atoms with E-state index in [0.29, 0.717) is 24.2 Å². The molecule has 2 aromatic carbocycles. The van der Waals surface area contributed by atoms with Gasteiger partial charge in [-0.15, -0.1) is 24.0 Å². The summed E-state index contributed by atoms with van der Waals surface area (Å²) in [6.07, 6.45) is 0.716. The number of amides is 2. The Hall–Kier alpha value is -1.69. The quantitative estimate of drug-likeness (QED) is 0.326. The van der Waals surface area contributed by atoms with Crippen LogP contribution in [0.1, 0.15) is 11.1 Å². The number of rotatable bonds is 1. The predicted molar refractivity (Wildman–Crippen MR) is 86.2 cm³/mol. The molecule has 1 aliphatic heterocycles. The number of urea groups is 1. The summed E-state index contributed by atoms with van der Waals surface area (Å²) in [4.78, 5) is 13.4. The maximum Gasteiger partial charge on any atom is 0.336 e. The second kappa shape index (κ2) is 5.97. The molecular weight excluding hydrogens is 313 g/mol. The van der Waals surface area contributed by atoms with Crippen molar-refractivity contribution in [3.05, 3.63) is 35.4 Å². The van der Waals surface area contributed by atoms with Gasteiger partial charge in [0.2, 0.25) is 0 Å². The number of carbonyl (C=O) groups is 1. The number of nitrogens with two attached hydrogens (primary N) is 1. The van der Waals surface area contributed by atoms with Gasteiger partial charge in [-0.05, 0) is 17.4 Å². The molecule has 7 heteroatoms. The zero-order valence-corrected chi connectivity index (χ0v) is 12.7. The molecule has 1 heterocycles. The van der Waals surface area contributed by atoms with E-state index in [-0.39, 0.29) is 24.0 Å². The molecule has 0 saturated heterocycles. The highest BCUT2D eigenvalue weighted by atomic mass is 35.5.